The van der Waals surface area contributed by atoms with Crippen LogP contribution in [0.15, 0.2) is 12.1 Å². The van der Waals surface area contributed by atoms with E-state index in [-0.39, 0.29) is 5.69 Å². The lowest BCUT2D eigenvalue weighted by molar-refractivity contribution is -0.906. The summed E-state index contributed by atoms with van der Waals surface area (Å²) in [5.41, 5.74) is 0.457. The average Bonchev–Trinajstić information content (AvgIpc) is 2.58. The molecule has 2 N–H and O–H groups in total. The van der Waals surface area contributed by atoms with Gasteiger partial charge in [-0.15, -0.1) is 0 Å². The number of benzene rings is 1. The zero-order valence-electron chi connectivity index (χ0n) is 14.3. The first-order chi connectivity index (χ1) is 11.7. The largest absolute Gasteiger partial charge is 0.490 e. The van der Waals surface area contributed by atoms with Gasteiger partial charge in [-0.25, -0.2) is 0 Å². The van der Waals surface area contributed by atoms with Crippen LogP contribution < -0.4 is 19.7 Å². The van der Waals surface area contributed by atoms with Crippen molar-refractivity contribution in [2.24, 2.45) is 0 Å². The highest BCUT2D eigenvalue weighted by Crippen LogP contribution is 2.37. The Kier molecular flexibility index (Phi) is 7.07. The van der Waals surface area contributed by atoms with Crippen molar-refractivity contribution < 1.29 is 24.0 Å². The Bertz CT molecular complexity index is 547. The SMILES string of the molecule is CCOc1cc(NCC[NH+]2CCOCC2)c([N+](=O)[O-])cc1OCC. The van der Waals surface area contributed by atoms with Gasteiger partial charge in [-0.1, -0.05) is 0 Å². The van der Waals surface area contributed by atoms with Gasteiger partial charge in [0.2, 0.25) is 0 Å². The number of hydrogen-bond donors (Lipinski definition) is 2. The lowest BCUT2D eigenvalue weighted by atomic mass is 10.2. The van der Waals surface area contributed by atoms with Crippen molar-refractivity contribution in [3.05, 3.63) is 22.2 Å². The number of rotatable bonds is 9. The van der Waals surface area contributed by atoms with Crippen molar-refractivity contribution in [1.82, 2.24) is 0 Å². The van der Waals surface area contributed by atoms with E-state index in [0.717, 1.165) is 32.8 Å². The van der Waals surface area contributed by atoms with Crippen LogP contribution >= 0.6 is 0 Å². The van der Waals surface area contributed by atoms with Crippen molar-refractivity contribution in [2.75, 3.05) is 57.9 Å². The van der Waals surface area contributed by atoms with E-state index >= 15 is 0 Å². The van der Waals surface area contributed by atoms with E-state index in [1.54, 1.807) is 6.07 Å². The molecule has 2 rings (SSSR count). The average molecular weight is 340 g/mol. The summed E-state index contributed by atoms with van der Waals surface area (Å²) in [7, 11) is 0. The Morgan fingerprint density at radius 1 is 1.21 bits per heavy atom. The zero-order valence-corrected chi connectivity index (χ0v) is 14.3. The third-order valence-electron chi connectivity index (χ3n) is 3.85. The predicted octanol–water partition coefficient (Wildman–Crippen LogP) is 0.719. The van der Waals surface area contributed by atoms with Crippen molar-refractivity contribution in [3.63, 3.8) is 0 Å². The van der Waals surface area contributed by atoms with Crippen molar-refractivity contribution in [3.8, 4) is 11.5 Å². The molecule has 0 saturated carbocycles. The molecule has 1 aliphatic rings. The molecule has 0 unspecified atom stereocenters. The molecule has 1 heterocycles. The Morgan fingerprint density at radius 2 is 1.83 bits per heavy atom. The quantitative estimate of drug-likeness (QED) is 0.509. The molecule has 0 spiro atoms. The zero-order chi connectivity index (χ0) is 17.4. The molecule has 8 nitrogen and oxygen atoms in total. The van der Waals surface area contributed by atoms with Crippen molar-refractivity contribution >= 4 is 11.4 Å². The molecule has 0 bridgehead atoms. The van der Waals surface area contributed by atoms with Crippen LogP contribution in [0, 0.1) is 10.1 Å². The second kappa shape index (κ2) is 9.29. The van der Waals surface area contributed by atoms with E-state index in [1.165, 1.54) is 11.0 Å². The van der Waals surface area contributed by atoms with E-state index in [0.29, 0.717) is 36.9 Å². The molecule has 24 heavy (non-hydrogen) atoms. The fraction of sp³-hybridized carbons (Fsp3) is 0.625. The predicted molar refractivity (Wildman–Crippen MR) is 90.3 cm³/mol. The van der Waals surface area contributed by atoms with E-state index in [4.69, 9.17) is 14.2 Å². The smallest absolute Gasteiger partial charge is 0.296 e. The van der Waals surface area contributed by atoms with E-state index < -0.39 is 4.92 Å². The number of hydrogen-bond acceptors (Lipinski definition) is 6. The van der Waals surface area contributed by atoms with Gasteiger partial charge >= 0.3 is 0 Å². The molecule has 1 aliphatic heterocycles. The molecular formula is C16H26N3O5+. The number of morpholine rings is 1. The summed E-state index contributed by atoms with van der Waals surface area (Å²) in [6.45, 7) is 9.60. The first kappa shape index (κ1) is 18.3. The van der Waals surface area contributed by atoms with Gasteiger partial charge in [-0.05, 0) is 13.8 Å². The molecular weight excluding hydrogens is 314 g/mol. The van der Waals surface area contributed by atoms with Gasteiger partial charge in [0, 0.05) is 6.07 Å². The number of nitrogens with one attached hydrogen (secondary N) is 2. The lowest BCUT2D eigenvalue weighted by Crippen LogP contribution is -3.14. The van der Waals surface area contributed by atoms with Gasteiger partial charge in [-0.2, -0.15) is 0 Å². The van der Waals surface area contributed by atoms with Crippen LogP contribution in [-0.2, 0) is 4.74 Å². The molecule has 0 aromatic heterocycles. The van der Waals surface area contributed by atoms with Crippen molar-refractivity contribution in [1.29, 1.82) is 0 Å². The van der Waals surface area contributed by atoms with E-state index in [2.05, 4.69) is 5.32 Å². The van der Waals surface area contributed by atoms with Crippen LogP contribution in [0.25, 0.3) is 0 Å². The highest BCUT2D eigenvalue weighted by Gasteiger charge is 2.21. The number of ether oxygens (including phenoxy) is 3. The van der Waals surface area contributed by atoms with Crippen LogP contribution in [0.1, 0.15) is 13.8 Å². The molecule has 0 aliphatic carbocycles. The van der Waals surface area contributed by atoms with Gasteiger partial charge in [-0.3, -0.25) is 10.1 Å². The fourth-order valence-electron chi connectivity index (χ4n) is 2.66. The van der Waals surface area contributed by atoms with E-state index in [1.807, 2.05) is 13.8 Å². The Balaban J connectivity index is 2.10. The van der Waals surface area contributed by atoms with Gasteiger partial charge in [0.15, 0.2) is 11.5 Å². The molecule has 1 saturated heterocycles. The molecule has 0 atom stereocenters. The molecule has 0 radical (unpaired) electrons. The number of nitro groups is 1. The lowest BCUT2D eigenvalue weighted by Gasteiger charge is -2.24. The summed E-state index contributed by atoms with van der Waals surface area (Å²) in [6, 6.07) is 3.08. The summed E-state index contributed by atoms with van der Waals surface area (Å²) in [5, 5.41) is 14.5. The van der Waals surface area contributed by atoms with Crippen LogP contribution in [-0.4, -0.2) is 57.5 Å². The summed E-state index contributed by atoms with van der Waals surface area (Å²) in [4.78, 5) is 12.4. The normalized spacial score (nSPS) is 15.1. The minimum Gasteiger partial charge on any atom is -0.490 e. The van der Waals surface area contributed by atoms with Crippen molar-refractivity contribution in [2.45, 2.75) is 13.8 Å². The molecule has 1 aromatic rings. The maximum absolute atomic E-state index is 11.4. The maximum Gasteiger partial charge on any atom is 0.296 e. The monoisotopic (exact) mass is 340 g/mol. The fourth-order valence-corrected chi connectivity index (χ4v) is 2.66. The molecule has 8 heteroatoms. The second-order valence-electron chi connectivity index (χ2n) is 5.48. The van der Waals surface area contributed by atoms with Crippen LogP contribution in [0.4, 0.5) is 11.4 Å². The Labute approximate surface area is 141 Å². The highest BCUT2D eigenvalue weighted by atomic mass is 16.6. The molecule has 1 aromatic carbocycles. The first-order valence-corrected chi connectivity index (χ1v) is 8.38. The van der Waals surface area contributed by atoms with E-state index in [9.17, 15) is 10.1 Å². The first-order valence-electron chi connectivity index (χ1n) is 8.38. The number of quaternary nitrogens is 1. The van der Waals surface area contributed by atoms with Gasteiger partial charge in [0.1, 0.15) is 18.8 Å². The standard InChI is InChI=1S/C16H25N3O5/c1-3-23-15-11-13(14(19(20)21)12-16(15)24-4-2)17-5-6-18-7-9-22-10-8-18/h11-12,17H,3-10H2,1-2H3/p+1. The maximum atomic E-state index is 11.4. The Morgan fingerprint density at radius 3 is 2.42 bits per heavy atom. The molecule has 134 valence electrons. The van der Waals surface area contributed by atoms with Gasteiger partial charge in [0.05, 0.1) is 50.5 Å². The Hall–Kier alpha value is -2.06. The summed E-state index contributed by atoms with van der Waals surface area (Å²) in [5.74, 6) is 0.918. The summed E-state index contributed by atoms with van der Waals surface area (Å²) < 4.78 is 16.3. The summed E-state index contributed by atoms with van der Waals surface area (Å²) >= 11 is 0. The van der Waals surface area contributed by atoms with Crippen LogP contribution in [0.2, 0.25) is 0 Å². The second-order valence-corrected chi connectivity index (χ2v) is 5.48. The van der Waals surface area contributed by atoms with Crippen LogP contribution in [0.5, 0.6) is 11.5 Å². The topological polar surface area (TPSA) is 87.3 Å². The highest BCUT2D eigenvalue weighted by molar-refractivity contribution is 5.68. The van der Waals surface area contributed by atoms with Gasteiger partial charge in [0.25, 0.3) is 5.69 Å². The molecule has 0 amide bonds. The summed E-state index contributed by atoms with van der Waals surface area (Å²) in [6.07, 6.45) is 0. The molecule has 1 fully saturated rings. The minimum atomic E-state index is -0.401. The number of nitrogens with zero attached hydrogens (tertiary/aromatic N) is 1. The van der Waals surface area contributed by atoms with Crippen LogP contribution in [0.3, 0.4) is 0 Å². The van der Waals surface area contributed by atoms with Gasteiger partial charge < -0.3 is 24.4 Å². The number of nitro benzene ring substituents is 1. The minimum absolute atomic E-state index is 0.00104. The third kappa shape index (κ3) is 4.97. The number of anilines is 1. The third-order valence-corrected chi connectivity index (χ3v) is 3.85.